The van der Waals surface area contributed by atoms with Crippen LogP contribution in [0.25, 0.3) is 0 Å². The molecular formula is C17H25N3O2. The van der Waals surface area contributed by atoms with Crippen molar-refractivity contribution in [2.45, 2.75) is 32.7 Å². The molecule has 0 aromatic heterocycles. The van der Waals surface area contributed by atoms with Crippen LogP contribution in [0.4, 0.5) is 5.69 Å². The van der Waals surface area contributed by atoms with Crippen molar-refractivity contribution in [2.75, 3.05) is 25.0 Å². The molecule has 2 unspecified atom stereocenters. The van der Waals surface area contributed by atoms with Gasteiger partial charge in [-0.05, 0) is 44.4 Å². The molecule has 3 N–H and O–H groups in total. The molecule has 0 aliphatic carbocycles. The molecule has 1 heterocycles. The molecule has 1 amide bonds. The molecule has 0 saturated carbocycles. The van der Waals surface area contributed by atoms with Crippen LogP contribution >= 0.6 is 0 Å². The lowest BCUT2D eigenvalue weighted by Gasteiger charge is -2.37. The van der Waals surface area contributed by atoms with Crippen molar-refractivity contribution in [3.63, 3.8) is 0 Å². The number of likely N-dealkylation sites (tertiary alicyclic amines) is 1. The first kappa shape index (κ1) is 16.6. The Morgan fingerprint density at radius 1 is 1.41 bits per heavy atom. The molecule has 5 heteroatoms. The van der Waals surface area contributed by atoms with Crippen LogP contribution in [-0.2, 0) is 4.79 Å². The highest BCUT2D eigenvalue weighted by Gasteiger charge is 2.26. The lowest BCUT2D eigenvalue weighted by atomic mass is 9.92. The van der Waals surface area contributed by atoms with Crippen LogP contribution in [0.15, 0.2) is 24.3 Å². The number of amides is 1. The fourth-order valence-electron chi connectivity index (χ4n) is 2.95. The first-order valence-electron chi connectivity index (χ1n) is 7.84. The summed E-state index contributed by atoms with van der Waals surface area (Å²) in [6.45, 7) is 5.58. The molecule has 0 radical (unpaired) electrons. The van der Waals surface area contributed by atoms with E-state index in [1.165, 1.54) is 6.92 Å². The average Bonchev–Trinajstić information content (AvgIpc) is 2.49. The molecule has 0 spiro atoms. The van der Waals surface area contributed by atoms with Gasteiger partial charge >= 0.3 is 0 Å². The van der Waals surface area contributed by atoms with Crippen molar-refractivity contribution in [1.29, 1.82) is 0 Å². The van der Waals surface area contributed by atoms with Gasteiger partial charge < -0.3 is 11.1 Å². The molecule has 1 saturated heterocycles. The van der Waals surface area contributed by atoms with Crippen LogP contribution in [0.1, 0.15) is 37.0 Å². The Hall–Kier alpha value is -1.72. The van der Waals surface area contributed by atoms with E-state index in [9.17, 15) is 9.59 Å². The second-order valence-electron chi connectivity index (χ2n) is 6.17. The summed E-state index contributed by atoms with van der Waals surface area (Å²) in [5.74, 6) is 0.595. The van der Waals surface area contributed by atoms with E-state index in [4.69, 9.17) is 5.73 Å². The summed E-state index contributed by atoms with van der Waals surface area (Å²) in [7, 11) is 0. The van der Waals surface area contributed by atoms with Crippen LogP contribution in [0, 0.1) is 5.92 Å². The maximum absolute atomic E-state index is 12.2. The van der Waals surface area contributed by atoms with Gasteiger partial charge in [0.05, 0.1) is 6.54 Å². The number of rotatable bonds is 5. The van der Waals surface area contributed by atoms with Crippen LogP contribution in [0.5, 0.6) is 0 Å². The smallest absolute Gasteiger partial charge is 0.238 e. The van der Waals surface area contributed by atoms with Gasteiger partial charge in [-0.3, -0.25) is 14.5 Å². The second kappa shape index (κ2) is 7.51. The molecule has 5 nitrogen and oxygen atoms in total. The minimum atomic E-state index is -0.0614. The van der Waals surface area contributed by atoms with E-state index in [1.807, 2.05) is 0 Å². The van der Waals surface area contributed by atoms with Gasteiger partial charge in [-0.25, -0.2) is 0 Å². The third-order valence-corrected chi connectivity index (χ3v) is 4.27. The van der Waals surface area contributed by atoms with Crippen molar-refractivity contribution in [1.82, 2.24) is 4.90 Å². The van der Waals surface area contributed by atoms with Crippen LogP contribution in [-0.4, -0.2) is 42.3 Å². The molecule has 2 rings (SSSR count). The number of carbonyl (C=O) groups excluding carboxylic acids is 2. The van der Waals surface area contributed by atoms with Gasteiger partial charge in [0.25, 0.3) is 0 Å². The van der Waals surface area contributed by atoms with Gasteiger partial charge in [-0.2, -0.15) is 0 Å². The van der Waals surface area contributed by atoms with Gasteiger partial charge in [0.15, 0.2) is 5.78 Å². The number of nitrogens with one attached hydrogen (secondary N) is 1. The monoisotopic (exact) mass is 303 g/mol. The molecule has 1 aromatic rings. The fraction of sp³-hybridized carbons (Fsp3) is 0.529. The summed E-state index contributed by atoms with van der Waals surface area (Å²) < 4.78 is 0. The first-order chi connectivity index (χ1) is 10.5. The van der Waals surface area contributed by atoms with Crippen molar-refractivity contribution >= 4 is 17.4 Å². The van der Waals surface area contributed by atoms with E-state index >= 15 is 0 Å². The quantitative estimate of drug-likeness (QED) is 0.815. The Kier molecular flexibility index (Phi) is 5.69. The van der Waals surface area contributed by atoms with Gasteiger partial charge in [0.2, 0.25) is 5.91 Å². The minimum absolute atomic E-state index is 0.00990. The number of ketones is 1. The summed E-state index contributed by atoms with van der Waals surface area (Å²) in [6.07, 6.45) is 2.15. The summed E-state index contributed by atoms with van der Waals surface area (Å²) >= 11 is 0. The number of Topliss-reactive ketones (excluding diaryl/α,β-unsaturated/α-hetero) is 1. The highest BCUT2D eigenvalue weighted by atomic mass is 16.2. The SMILES string of the molecule is CC(=O)c1cccc(NC(=O)CN2CCC(C)CC2CN)c1. The van der Waals surface area contributed by atoms with Crippen molar-refractivity contribution < 1.29 is 9.59 Å². The zero-order chi connectivity index (χ0) is 16.1. The summed E-state index contributed by atoms with van der Waals surface area (Å²) in [5, 5.41) is 2.87. The number of piperidine rings is 1. The van der Waals surface area contributed by atoms with Crippen molar-refractivity contribution in [3.8, 4) is 0 Å². The van der Waals surface area contributed by atoms with E-state index in [2.05, 4.69) is 17.1 Å². The Morgan fingerprint density at radius 2 is 2.18 bits per heavy atom. The highest BCUT2D eigenvalue weighted by Crippen LogP contribution is 2.21. The maximum Gasteiger partial charge on any atom is 0.238 e. The van der Waals surface area contributed by atoms with E-state index in [0.29, 0.717) is 30.3 Å². The molecule has 1 aliphatic rings. The van der Waals surface area contributed by atoms with Crippen LogP contribution < -0.4 is 11.1 Å². The third kappa shape index (κ3) is 4.39. The van der Waals surface area contributed by atoms with Crippen molar-refractivity contribution in [2.24, 2.45) is 11.7 Å². The topological polar surface area (TPSA) is 75.4 Å². The standard InChI is InChI=1S/C17H25N3O2/c1-12-6-7-20(16(8-12)10-18)11-17(22)19-15-5-3-4-14(9-15)13(2)21/h3-5,9,12,16H,6-8,10-11,18H2,1-2H3,(H,19,22). The molecule has 1 aromatic carbocycles. The lowest BCUT2D eigenvalue weighted by Crippen LogP contribution is -2.49. The molecule has 22 heavy (non-hydrogen) atoms. The molecular weight excluding hydrogens is 278 g/mol. The molecule has 1 aliphatic heterocycles. The molecule has 1 fully saturated rings. The predicted octanol–water partition coefficient (Wildman–Crippen LogP) is 1.89. The Labute approximate surface area is 131 Å². The van der Waals surface area contributed by atoms with Gasteiger partial charge in [0.1, 0.15) is 0 Å². The lowest BCUT2D eigenvalue weighted by molar-refractivity contribution is -0.118. The van der Waals surface area contributed by atoms with E-state index in [0.717, 1.165) is 19.4 Å². The Balaban J connectivity index is 1.95. The van der Waals surface area contributed by atoms with E-state index in [-0.39, 0.29) is 17.7 Å². The van der Waals surface area contributed by atoms with Gasteiger partial charge in [0, 0.05) is 23.8 Å². The number of benzene rings is 1. The second-order valence-corrected chi connectivity index (χ2v) is 6.17. The number of nitrogens with zero attached hydrogens (tertiary/aromatic N) is 1. The van der Waals surface area contributed by atoms with E-state index < -0.39 is 0 Å². The highest BCUT2D eigenvalue weighted by molar-refractivity contribution is 5.97. The molecule has 0 bridgehead atoms. The summed E-state index contributed by atoms with van der Waals surface area (Å²) in [6, 6.07) is 7.30. The van der Waals surface area contributed by atoms with Crippen LogP contribution in [0.3, 0.4) is 0 Å². The number of anilines is 1. The number of hydrogen-bond acceptors (Lipinski definition) is 4. The van der Waals surface area contributed by atoms with Gasteiger partial charge in [-0.1, -0.05) is 19.1 Å². The first-order valence-corrected chi connectivity index (χ1v) is 7.84. The third-order valence-electron chi connectivity index (χ3n) is 4.27. The van der Waals surface area contributed by atoms with Crippen molar-refractivity contribution in [3.05, 3.63) is 29.8 Å². The fourth-order valence-corrected chi connectivity index (χ4v) is 2.95. The van der Waals surface area contributed by atoms with E-state index in [1.54, 1.807) is 24.3 Å². The minimum Gasteiger partial charge on any atom is -0.329 e. The van der Waals surface area contributed by atoms with Crippen LogP contribution in [0.2, 0.25) is 0 Å². The predicted molar refractivity (Wildman–Crippen MR) is 87.9 cm³/mol. The number of carbonyl (C=O) groups is 2. The molecule has 120 valence electrons. The Morgan fingerprint density at radius 3 is 2.86 bits per heavy atom. The average molecular weight is 303 g/mol. The van der Waals surface area contributed by atoms with Gasteiger partial charge in [-0.15, -0.1) is 0 Å². The maximum atomic E-state index is 12.2. The largest absolute Gasteiger partial charge is 0.329 e. The zero-order valence-electron chi connectivity index (χ0n) is 13.3. The Bertz CT molecular complexity index is 544. The normalized spacial score (nSPS) is 22.3. The summed E-state index contributed by atoms with van der Waals surface area (Å²) in [5.41, 5.74) is 7.09. The number of hydrogen-bond donors (Lipinski definition) is 2. The molecule has 2 atom stereocenters. The summed E-state index contributed by atoms with van der Waals surface area (Å²) in [4.78, 5) is 25.8. The zero-order valence-corrected chi connectivity index (χ0v) is 13.3. The number of nitrogens with two attached hydrogens (primary N) is 1.